The maximum absolute atomic E-state index is 4.33. The summed E-state index contributed by atoms with van der Waals surface area (Å²) >= 11 is 0. The number of hydrogen-bond donors (Lipinski definition) is 0. The van der Waals surface area contributed by atoms with Crippen molar-refractivity contribution in [1.29, 1.82) is 0 Å². The zero-order chi connectivity index (χ0) is 7.26. The van der Waals surface area contributed by atoms with Crippen LogP contribution in [0.4, 0.5) is 0 Å². The lowest BCUT2D eigenvalue weighted by atomic mass is 9.97. The van der Waals surface area contributed by atoms with E-state index in [2.05, 4.69) is 41.4 Å². The van der Waals surface area contributed by atoms with Crippen LogP contribution in [0, 0.1) is 0 Å². The monoisotopic (exact) mass is 141 g/mol. The minimum atomic E-state index is 0.413. The van der Waals surface area contributed by atoms with Crippen LogP contribution in [0.1, 0.15) is 17.2 Å². The van der Waals surface area contributed by atoms with Gasteiger partial charge in [-0.3, -0.25) is 4.99 Å². The predicted molar refractivity (Wildman–Crippen MR) is 45.7 cm³/mol. The Morgan fingerprint density at radius 1 is 1.09 bits per heavy atom. The molecule has 0 bridgehead atoms. The molecule has 1 aromatic carbocycles. The molecular formula is C10H7N. The van der Waals surface area contributed by atoms with Gasteiger partial charge in [0.15, 0.2) is 0 Å². The molecule has 0 saturated carbocycles. The smallest absolute Gasteiger partial charge is 0.117 e. The van der Waals surface area contributed by atoms with Gasteiger partial charge in [0.1, 0.15) is 6.04 Å². The highest BCUT2D eigenvalue weighted by molar-refractivity contribution is 6.14. The summed E-state index contributed by atoms with van der Waals surface area (Å²) in [5, 5.41) is 0. The van der Waals surface area contributed by atoms with Crippen LogP contribution in [-0.2, 0) is 0 Å². The Bertz CT molecular complexity index is 374. The molecule has 0 fully saturated rings. The van der Waals surface area contributed by atoms with Crippen molar-refractivity contribution in [1.82, 2.24) is 0 Å². The highest BCUT2D eigenvalue weighted by Crippen LogP contribution is 2.37. The third-order valence-electron chi connectivity index (χ3n) is 2.21. The highest BCUT2D eigenvalue weighted by Gasteiger charge is 2.30. The maximum Gasteiger partial charge on any atom is 0.117 e. The van der Waals surface area contributed by atoms with E-state index in [0.29, 0.717) is 6.04 Å². The molecule has 1 aliphatic carbocycles. The first-order valence-corrected chi connectivity index (χ1v) is 3.80. The number of nitrogens with zero attached hydrogens (tertiary/aromatic N) is 1. The Morgan fingerprint density at radius 2 is 2.00 bits per heavy atom. The van der Waals surface area contributed by atoms with Crippen LogP contribution < -0.4 is 0 Å². The van der Waals surface area contributed by atoms with E-state index >= 15 is 0 Å². The van der Waals surface area contributed by atoms with Crippen LogP contribution in [0.5, 0.6) is 0 Å². The van der Waals surface area contributed by atoms with E-state index in [0.717, 1.165) is 0 Å². The molecule has 52 valence electrons. The summed E-state index contributed by atoms with van der Waals surface area (Å²) in [6, 6.07) is 8.84. The normalized spacial score (nSPS) is 23.6. The Kier molecular flexibility index (Phi) is 0.779. The summed E-state index contributed by atoms with van der Waals surface area (Å²) in [6.07, 6.45) is 4.24. The second-order valence-corrected chi connectivity index (χ2v) is 2.92. The first-order chi connectivity index (χ1) is 5.45. The number of hydrogen-bond acceptors (Lipinski definition) is 1. The molecule has 3 rings (SSSR count). The van der Waals surface area contributed by atoms with Gasteiger partial charge in [0.25, 0.3) is 0 Å². The third-order valence-corrected chi connectivity index (χ3v) is 2.21. The molecule has 1 heterocycles. The minimum absolute atomic E-state index is 0.413. The molecule has 1 unspecified atom stereocenters. The van der Waals surface area contributed by atoms with Gasteiger partial charge in [-0.1, -0.05) is 30.3 Å². The van der Waals surface area contributed by atoms with Crippen molar-refractivity contribution in [2.45, 2.75) is 6.04 Å². The van der Waals surface area contributed by atoms with Gasteiger partial charge in [0.2, 0.25) is 0 Å². The molecule has 0 spiro atoms. The largest absolute Gasteiger partial charge is 0.273 e. The first kappa shape index (κ1) is 5.30. The number of rotatable bonds is 0. The quantitative estimate of drug-likeness (QED) is 0.525. The van der Waals surface area contributed by atoms with Crippen LogP contribution in [0.3, 0.4) is 0 Å². The predicted octanol–water partition coefficient (Wildman–Crippen LogP) is 2.21. The summed E-state index contributed by atoms with van der Waals surface area (Å²) in [7, 11) is 0. The molecule has 0 aromatic heterocycles. The number of aliphatic imine (C=N–C) groups is 1. The molecule has 0 amide bonds. The molecule has 11 heavy (non-hydrogen) atoms. The van der Waals surface area contributed by atoms with E-state index in [1.54, 1.807) is 0 Å². The van der Waals surface area contributed by atoms with E-state index in [4.69, 9.17) is 0 Å². The van der Waals surface area contributed by atoms with Gasteiger partial charge in [-0.25, -0.2) is 0 Å². The van der Waals surface area contributed by atoms with Gasteiger partial charge in [0, 0.05) is 0 Å². The molecule has 1 aromatic rings. The molecule has 1 atom stereocenters. The van der Waals surface area contributed by atoms with Crippen LogP contribution in [0.2, 0.25) is 0 Å². The number of fused-ring (bicyclic) bond motifs is 3. The highest BCUT2D eigenvalue weighted by atomic mass is 15.0. The van der Waals surface area contributed by atoms with Gasteiger partial charge >= 0.3 is 0 Å². The zero-order valence-corrected chi connectivity index (χ0v) is 5.99. The Balaban J connectivity index is 2.26. The van der Waals surface area contributed by atoms with Gasteiger partial charge in [0.05, 0.1) is 5.71 Å². The second-order valence-electron chi connectivity index (χ2n) is 2.92. The van der Waals surface area contributed by atoms with Crippen LogP contribution in [-0.4, -0.2) is 5.71 Å². The topological polar surface area (TPSA) is 12.4 Å². The third kappa shape index (κ3) is 0.625. The average Bonchev–Trinajstić information content (AvgIpc) is 2.83. The molecule has 0 saturated heterocycles. The van der Waals surface area contributed by atoms with E-state index in [9.17, 15) is 0 Å². The minimum Gasteiger partial charge on any atom is -0.273 e. The van der Waals surface area contributed by atoms with Gasteiger partial charge < -0.3 is 0 Å². The van der Waals surface area contributed by atoms with Gasteiger partial charge in [-0.2, -0.15) is 0 Å². The van der Waals surface area contributed by atoms with Gasteiger partial charge in [-0.15, -0.1) is 0 Å². The van der Waals surface area contributed by atoms with Crippen molar-refractivity contribution in [2.75, 3.05) is 0 Å². The van der Waals surface area contributed by atoms with Crippen molar-refractivity contribution in [2.24, 2.45) is 4.99 Å². The van der Waals surface area contributed by atoms with Crippen LogP contribution in [0.15, 0.2) is 35.3 Å². The van der Waals surface area contributed by atoms with Crippen LogP contribution >= 0.6 is 0 Å². The lowest BCUT2D eigenvalue weighted by Crippen LogP contribution is -1.95. The van der Waals surface area contributed by atoms with Crippen molar-refractivity contribution in [3.63, 3.8) is 0 Å². The van der Waals surface area contributed by atoms with Gasteiger partial charge in [-0.05, 0) is 17.2 Å². The Morgan fingerprint density at radius 3 is 3.00 bits per heavy atom. The molecule has 1 aliphatic heterocycles. The summed E-state index contributed by atoms with van der Waals surface area (Å²) in [4.78, 5) is 4.33. The molecule has 2 aliphatic rings. The first-order valence-electron chi connectivity index (χ1n) is 3.80. The molecular weight excluding hydrogens is 134 g/mol. The second kappa shape index (κ2) is 1.62. The molecule has 0 N–H and O–H groups in total. The van der Waals surface area contributed by atoms with Crippen molar-refractivity contribution >= 4 is 11.8 Å². The van der Waals surface area contributed by atoms with Crippen molar-refractivity contribution < 1.29 is 0 Å². The zero-order valence-electron chi connectivity index (χ0n) is 5.99. The van der Waals surface area contributed by atoms with Crippen molar-refractivity contribution in [3.05, 3.63) is 41.5 Å². The maximum atomic E-state index is 4.33. The lowest BCUT2D eigenvalue weighted by Gasteiger charge is -2.05. The fourth-order valence-electron chi connectivity index (χ4n) is 1.56. The van der Waals surface area contributed by atoms with E-state index in [-0.39, 0.29) is 0 Å². The van der Waals surface area contributed by atoms with E-state index in [1.165, 1.54) is 16.8 Å². The van der Waals surface area contributed by atoms with E-state index in [1.807, 2.05) is 0 Å². The average molecular weight is 141 g/mol. The number of benzene rings is 1. The SMILES string of the molecule is C1=Cc2ccccc2C2N=C12. The molecule has 1 nitrogen and oxygen atoms in total. The lowest BCUT2D eigenvalue weighted by molar-refractivity contribution is 1.12. The molecule has 1 heteroatoms. The van der Waals surface area contributed by atoms with Crippen molar-refractivity contribution in [3.8, 4) is 0 Å². The summed E-state index contributed by atoms with van der Waals surface area (Å²) < 4.78 is 0. The standard InChI is InChI=1S/C10H7N/c1-2-4-8-7(3-1)5-6-9-10(8)11-9/h1-6,10H. The summed E-state index contributed by atoms with van der Waals surface area (Å²) in [5.74, 6) is 0. The van der Waals surface area contributed by atoms with Crippen LogP contribution in [0.25, 0.3) is 6.08 Å². The fraction of sp³-hybridized carbons (Fsp3) is 0.100. The fourth-order valence-corrected chi connectivity index (χ4v) is 1.56. The molecule has 0 radical (unpaired) electrons. The Labute approximate surface area is 65.1 Å². The summed E-state index contributed by atoms with van der Waals surface area (Å²) in [5.41, 5.74) is 3.93. The summed E-state index contributed by atoms with van der Waals surface area (Å²) in [6.45, 7) is 0. The Hall–Kier alpha value is -1.37. The van der Waals surface area contributed by atoms with E-state index < -0.39 is 0 Å².